The van der Waals surface area contributed by atoms with E-state index in [1.807, 2.05) is 0 Å². The van der Waals surface area contributed by atoms with Crippen molar-refractivity contribution in [2.24, 2.45) is 0 Å². The Morgan fingerprint density at radius 2 is 1.71 bits per heavy atom. The number of aromatic hydroxyl groups is 2. The predicted octanol–water partition coefficient (Wildman–Crippen LogP) is 2.33. The summed E-state index contributed by atoms with van der Waals surface area (Å²) in [5, 5.41) is 18.3. The van der Waals surface area contributed by atoms with Gasteiger partial charge in [0.05, 0.1) is 0 Å². The number of benzene rings is 1. The Morgan fingerprint density at radius 1 is 1.07 bits per heavy atom. The first-order valence-electron chi connectivity index (χ1n) is 4.44. The van der Waals surface area contributed by atoms with E-state index in [4.69, 9.17) is 5.11 Å². The lowest BCUT2D eigenvalue weighted by molar-refractivity contribution is 0.403. The van der Waals surface area contributed by atoms with Gasteiger partial charge >= 0.3 is 0 Å². The number of phenolic OH excluding ortho intramolecular Hbond substituents is 2. The summed E-state index contributed by atoms with van der Waals surface area (Å²) in [6.45, 7) is 6.46. The van der Waals surface area contributed by atoms with Gasteiger partial charge in [-0.3, -0.25) is 0 Å². The summed E-state index contributed by atoms with van der Waals surface area (Å²) in [6.07, 6.45) is 0. The Morgan fingerprint density at radius 3 is 2.21 bits per heavy atom. The van der Waals surface area contributed by atoms with E-state index < -0.39 is 8.07 Å². The largest absolute Gasteiger partial charge is 0.504 e. The minimum absolute atomic E-state index is 0.108. The lowest BCUT2D eigenvalue weighted by atomic mass is 10.2. The van der Waals surface area contributed by atoms with Crippen LogP contribution in [0.3, 0.4) is 0 Å². The first kappa shape index (κ1) is 10.7. The summed E-state index contributed by atoms with van der Waals surface area (Å²) in [6, 6.07) is 4.62. The third kappa shape index (κ3) is 3.15. The quantitative estimate of drug-likeness (QED) is 0.388. The second-order valence-corrected chi connectivity index (χ2v) is 8.95. The lowest BCUT2D eigenvalue weighted by Crippen LogP contribution is -2.16. The second kappa shape index (κ2) is 3.77. The molecule has 0 fully saturated rings. The van der Waals surface area contributed by atoms with Gasteiger partial charge in [0.1, 0.15) is 8.07 Å². The molecule has 74 valence electrons. The molecule has 0 spiro atoms. The lowest BCUT2D eigenvalue weighted by Gasteiger charge is -2.03. The minimum atomic E-state index is -1.38. The average Bonchev–Trinajstić information content (AvgIpc) is 2.06. The van der Waals surface area contributed by atoms with Gasteiger partial charge in [0.2, 0.25) is 0 Å². The monoisotopic (exact) mass is 206 g/mol. The Bertz CT molecular complexity index is 394. The molecule has 0 aliphatic heterocycles. The molecule has 1 rings (SSSR count). The molecule has 0 saturated carbocycles. The maximum absolute atomic E-state index is 9.22. The standard InChI is InChI=1S/C11H14O2Si/c1-14(2,3)7-6-9-4-5-10(12)11(13)8-9/h4-5,8,12-13H,1-3H3. The van der Waals surface area contributed by atoms with E-state index in [0.717, 1.165) is 5.56 Å². The fraction of sp³-hybridized carbons (Fsp3) is 0.273. The van der Waals surface area contributed by atoms with Crippen LogP contribution in [0.15, 0.2) is 18.2 Å². The summed E-state index contributed by atoms with van der Waals surface area (Å²) < 4.78 is 0. The van der Waals surface area contributed by atoms with E-state index in [1.165, 1.54) is 12.1 Å². The van der Waals surface area contributed by atoms with Crippen LogP contribution in [0.25, 0.3) is 0 Å². The van der Waals surface area contributed by atoms with Crippen molar-refractivity contribution in [1.29, 1.82) is 0 Å². The molecular formula is C11H14O2Si. The van der Waals surface area contributed by atoms with Crippen molar-refractivity contribution in [3.05, 3.63) is 23.8 Å². The molecule has 0 aromatic heterocycles. The normalized spacial score (nSPS) is 10.5. The van der Waals surface area contributed by atoms with Gasteiger partial charge in [0.15, 0.2) is 11.5 Å². The highest BCUT2D eigenvalue weighted by atomic mass is 28.3. The van der Waals surface area contributed by atoms with E-state index in [1.54, 1.807) is 6.07 Å². The second-order valence-electron chi connectivity index (χ2n) is 4.20. The smallest absolute Gasteiger partial charge is 0.158 e. The van der Waals surface area contributed by atoms with Crippen LogP contribution in [0.1, 0.15) is 5.56 Å². The Balaban J connectivity index is 2.98. The number of hydrogen-bond donors (Lipinski definition) is 2. The van der Waals surface area contributed by atoms with Gasteiger partial charge in [0, 0.05) is 5.56 Å². The van der Waals surface area contributed by atoms with Crippen molar-refractivity contribution < 1.29 is 10.2 Å². The molecular weight excluding hydrogens is 192 g/mol. The fourth-order valence-corrected chi connectivity index (χ4v) is 1.38. The molecule has 1 aromatic rings. The van der Waals surface area contributed by atoms with Crippen molar-refractivity contribution in [3.63, 3.8) is 0 Å². The summed E-state index contributed by atoms with van der Waals surface area (Å²) in [7, 11) is -1.38. The third-order valence-corrected chi connectivity index (χ3v) is 2.43. The Kier molecular flexibility index (Phi) is 2.87. The van der Waals surface area contributed by atoms with Crippen molar-refractivity contribution in [3.8, 4) is 23.0 Å². The zero-order valence-electron chi connectivity index (χ0n) is 8.63. The maximum atomic E-state index is 9.22. The molecule has 3 heteroatoms. The van der Waals surface area contributed by atoms with Crippen LogP contribution in [-0.4, -0.2) is 18.3 Å². The first-order chi connectivity index (χ1) is 6.38. The van der Waals surface area contributed by atoms with E-state index in [-0.39, 0.29) is 11.5 Å². The number of rotatable bonds is 0. The minimum Gasteiger partial charge on any atom is -0.504 e. The van der Waals surface area contributed by atoms with Gasteiger partial charge in [-0.2, -0.15) is 0 Å². The predicted molar refractivity (Wildman–Crippen MR) is 60.0 cm³/mol. The molecule has 2 N–H and O–H groups in total. The van der Waals surface area contributed by atoms with Crippen LogP contribution in [0.4, 0.5) is 0 Å². The van der Waals surface area contributed by atoms with Gasteiger partial charge in [0.25, 0.3) is 0 Å². The van der Waals surface area contributed by atoms with Crippen LogP contribution >= 0.6 is 0 Å². The fourth-order valence-electron chi connectivity index (χ4n) is 0.861. The first-order valence-corrected chi connectivity index (χ1v) is 7.94. The van der Waals surface area contributed by atoms with Crippen molar-refractivity contribution in [2.45, 2.75) is 19.6 Å². The van der Waals surface area contributed by atoms with Gasteiger partial charge < -0.3 is 10.2 Å². The summed E-state index contributed by atoms with van der Waals surface area (Å²) in [5.74, 6) is 2.77. The van der Waals surface area contributed by atoms with Crippen LogP contribution in [0.5, 0.6) is 11.5 Å². The molecule has 0 aliphatic rings. The number of hydrogen-bond acceptors (Lipinski definition) is 2. The van der Waals surface area contributed by atoms with E-state index in [0.29, 0.717) is 0 Å². The highest BCUT2D eigenvalue weighted by molar-refractivity contribution is 6.83. The molecule has 0 heterocycles. The molecule has 2 nitrogen and oxygen atoms in total. The van der Waals surface area contributed by atoms with Gasteiger partial charge in [-0.1, -0.05) is 25.6 Å². The van der Waals surface area contributed by atoms with Crippen LogP contribution in [-0.2, 0) is 0 Å². The van der Waals surface area contributed by atoms with E-state index >= 15 is 0 Å². The SMILES string of the molecule is C[Si](C)(C)C#Cc1ccc(O)c(O)c1. The molecule has 0 atom stereocenters. The third-order valence-electron chi connectivity index (χ3n) is 1.56. The van der Waals surface area contributed by atoms with Crippen LogP contribution in [0.2, 0.25) is 19.6 Å². The molecule has 0 saturated heterocycles. The highest BCUT2D eigenvalue weighted by Crippen LogP contribution is 2.24. The van der Waals surface area contributed by atoms with Crippen LogP contribution in [0, 0.1) is 11.5 Å². The van der Waals surface area contributed by atoms with Gasteiger partial charge in [-0.15, -0.1) is 5.54 Å². The molecule has 0 unspecified atom stereocenters. The topological polar surface area (TPSA) is 40.5 Å². The van der Waals surface area contributed by atoms with Crippen molar-refractivity contribution >= 4 is 8.07 Å². The zero-order chi connectivity index (χ0) is 10.8. The van der Waals surface area contributed by atoms with Crippen molar-refractivity contribution in [1.82, 2.24) is 0 Å². The summed E-state index contributed by atoms with van der Waals surface area (Å²) >= 11 is 0. The zero-order valence-corrected chi connectivity index (χ0v) is 9.63. The highest BCUT2D eigenvalue weighted by Gasteiger charge is 2.07. The molecule has 0 bridgehead atoms. The Labute approximate surface area is 85.2 Å². The molecule has 0 radical (unpaired) electrons. The average molecular weight is 206 g/mol. The molecule has 14 heavy (non-hydrogen) atoms. The van der Waals surface area contributed by atoms with Gasteiger partial charge in [-0.05, 0) is 18.2 Å². The maximum Gasteiger partial charge on any atom is 0.158 e. The van der Waals surface area contributed by atoms with Crippen molar-refractivity contribution in [2.75, 3.05) is 0 Å². The molecule has 0 amide bonds. The van der Waals surface area contributed by atoms with E-state index in [2.05, 4.69) is 31.1 Å². The molecule has 0 aliphatic carbocycles. The summed E-state index contributed by atoms with van der Waals surface area (Å²) in [4.78, 5) is 0. The number of phenols is 2. The van der Waals surface area contributed by atoms with Gasteiger partial charge in [-0.25, -0.2) is 0 Å². The Hall–Kier alpha value is -1.40. The summed E-state index contributed by atoms with van der Waals surface area (Å²) in [5.41, 5.74) is 3.92. The van der Waals surface area contributed by atoms with Crippen LogP contribution < -0.4 is 0 Å². The van der Waals surface area contributed by atoms with E-state index in [9.17, 15) is 5.11 Å². The molecule has 1 aromatic carbocycles.